The van der Waals surface area contributed by atoms with Crippen LogP contribution in [0.2, 0.25) is 0 Å². The second kappa shape index (κ2) is 5.28. The molecule has 20 heavy (non-hydrogen) atoms. The van der Waals surface area contributed by atoms with Crippen molar-refractivity contribution in [2.45, 2.75) is 13.8 Å². The molecule has 0 heterocycles. The Hall–Kier alpha value is -2.43. The van der Waals surface area contributed by atoms with Gasteiger partial charge in [-0.1, -0.05) is 6.07 Å². The van der Waals surface area contributed by atoms with Crippen molar-refractivity contribution in [1.82, 2.24) is 0 Å². The fourth-order valence-electron chi connectivity index (χ4n) is 1.97. The Morgan fingerprint density at radius 3 is 2.00 bits per heavy atom. The van der Waals surface area contributed by atoms with E-state index in [4.69, 9.17) is 5.73 Å². The highest BCUT2D eigenvalue weighted by Crippen LogP contribution is 2.19. The molecule has 0 aliphatic heterocycles. The molecule has 0 aliphatic rings. The van der Waals surface area contributed by atoms with E-state index in [2.05, 4.69) is 5.32 Å². The normalized spacial score (nSPS) is 10.4. The Morgan fingerprint density at radius 1 is 1.00 bits per heavy atom. The first kappa shape index (κ1) is 14.0. The quantitative estimate of drug-likeness (QED) is 0.826. The minimum absolute atomic E-state index is 0.117. The highest BCUT2D eigenvalue weighted by atomic mass is 19.1. The van der Waals surface area contributed by atoms with Crippen LogP contribution in [0.3, 0.4) is 0 Å². The fourth-order valence-corrected chi connectivity index (χ4v) is 1.97. The lowest BCUT2D eigenvalue weighted by Gasteiger charge is -2.08. The van der Waals surface area contributed by atoms with Crippen LogP contribution in [0.1, 0.15) is 21.5 Å². The molecule has 0 atom stereocenters. The molecule has 2 rings (SSSR count). The van der Waals surface area contributed by atoms with Crippen LogP contribution in [0.15, 0.2) is 30.3 Å². The average molecular weight is 276 g/mol. The maximum Gasteiger partial charge on any atom is 0.255 e. The van der Waals surface area contributed by atoms with Crippen LogP contribution in [0.25, 0.3) is 0 Å². The van der Waals surface area contributed by atoms with E-state index < -0.39 is 23.2 Å². The Bertz CT molecular complexity index is 640. The van der Waals surface area contributed by atoms with E-state index in [-0.39, 0.29) is 5.56 Å². The van der Waals surface area contributed by atoms with Gasteiger partial charge in [-0.05, 0) is 49.2 Å². The maximum atomic E-state index is 13.3. The number of halogens is 2. The number of amides is 1. The molecule has 2 aromatic carbocycles. The molecule has 3 N–H and O–H groups in total. The molecule has 0 radical (unpaired) electrons. The van der Waals surface area contributed by atoms with Crippen LogP contribution in [0.5, 0.6) is 0 Å². The minimum atomic E-state index is -0.949. The van der Waals surface area contributed by atoms with E-state index in [9.17, 15) is 13.6 Å². The van der Waals surface area contributed by atoms with Gasteiger partial charge in [-0.15, -0.1) is 0 Å². The molecular weight excluding hydrogens is 262 g/mol. The molecule has 0 saturated heterocycles. The molecule has 0 bridgehead atoms. The number of aryl methyl sites for hydroxylation is 2. The number of anilines is 2. The predicted molar refractivity (Wildman–Crippen MR) is 74.6 cm³/mol. The molecular formula is C15H14F2N2O. The summed E-state index contributed by atoms with van der Waals surface area (Å²) >= 11 is 0. The van der Waals surface area contributed by atoms with Crippen LogP contribution in [0, 0.1) is 25.5 Å². The molecule has 0 aliphatic carbocycles. The van der Waals surface area contributed by atoms with Gasteiger partial charge in [-0.25, -0.2) is 8.78 Å². The van der Waals surface area contributed by atoms with Crippen LogP contribution in [-0.4, -0.2) is 5.91 Å². The van der Waals surface area contributed by atoms with Gasteiger partial charge in [-0.2, -0.15) is 0 Å². The van der Waals surface area contributed by atoms with Crippen molar-refractivity contribution in [2.75, 3.05) is 11.1 Å². The molecule has 0 aromatic heterocycles. The van der Waals surface area contributed by atoms with Gasteiger partial charge >= 0.3 is 0 Å². The first-order valence-electron chi connectivity index (χ1n) is 6.01. The highest BCUT2D eigenvalue weighted by Gasteiger charge is 2.13. The Labute approximate surface area is 115 Å². The molecule has 5 heteroatoms. The zero-order valence-corrected chi connectivity index (χ0v) is 11.1. The lowest BCUT2D eigenvalue weighted by Crippen LogP contribution is -2.13. The summed E-state index contributed by atoms with van der Waals surface area (Å²) in [7, 11) is 0. The second-order valence-corrected chi connectivity index (χ2v) is 4.68. The molecule has 3 nitrogen and oxygen atoms in total. The van der Waals surface area contributed by atoms with E-state index in [1.165, 1.54) is 0 Å². The van der Waals surface area contributed by atoms with E-state index in [0.29, 0.717) is 5.69 Å². The van der Waals surface area contributed by atoms with Crippen molar-refractivity contribution in [3.05, 3.63) is 58.7 Å². The van der Waals surface area contributed by atoms with Crippen LogP contribution < -0.4 is 11.1 Å². The number of nitrogens with two attached hydrogens (primary N) is 1. The molecule has 2 aromatic rings. The molecule has 1 amide bonds. The number of nitrogen functional groups attached to an aromatic ring is 1. The summed E-state index contributed by atoms with van der Waals surface area (Å²) in [5.74, 6) is -2.49. The Kier molecular flexibility index (Phi) is 3.70. The highest BCUT2D eigenvalue weighted by molar-refractivity contribution is 6.04. The van der Waals surface area contributed by atoms with Gasteiger partial charge < -0.3 is 11.1 Å². The average Bonchev–Trinajstić information content (AvgIpc) is 2.33. The molecule has 0 fully saturated rings. The van der Waals surface area contributed by atoms with Gasteiger partial charge in [0.1, 0.15) is 17.3 Å². The van der Waals surface area contributed by atoms with Crippen molar-refractivity contribution in [2.24, 2.45) is 0 Å². The number of nitrogens with one attached hydrogen (secondary N) is 1. The van der Waals surface area contributed by atoms with Gasteiger partial charge in [0, 0.05) is 11.3 Å². The molecule has 0 unspecified atom stereocenters. The van der Waals surface area contributed by atoms with Crippen molar-refractivity contribution in [3.8, 4) is 0 Å². The van der Waals surface area contributed by atoms with Gasteiger partial charge in [0.05, 0.1) is 0 Å². The first-order valence-corrected chi connectivity index (χ1v) is 6.01. The molecule has 0 spiro atoms. The zero-order valence-electron chi connectivity index (χ0n) is 11.1. The van der Waals surface area contributed by atoms with Gasteiger partial charge in [0.15, 0.2) is 0 Å². The lowest BCUT2D eigenvalue weighted by atomic mass is 10.1. The van der Waals surface area contributed by atoms with E-state index in [1.807, 2.05) is 19.9 Å². The van der Waals surface area contributed by atoms with E-state index >= 15 is 0 Å². The zero-order chi connectivity index (χ0) is 14.9. The summed E-state index contributed by atoms with van der Waals surface area (Å²) in [5, 5.41) is 2.60. The summed E-state index contributed by atoms with van der Waals surface area (Å²) in [6.45, 7) is 3.79. The topological polar surface area (TPSA) is 55.1 Å². The SMILES string of the molecule is Cc1cc(C)cc(NC(=O)c2cc(F)c(N)c(F)c2)c1. The summed E-state index contributed by atoms with van der Waals surface area (Å²) in [4.78, 5) is 12.0. The summed E-state index contributed by atoms with van der Waals surface area (Å²) in [6, 6.07) is 7.33. The van der Waals surface area contributed by atoms with Gasteiger partial charge in [-0.3, -0.25) is 4.79 Å². The van der Waals surface area contributed by atoms with Crippen LogP contribution in [-0.2, 0) is 0 Å². The van der Waals surface area contributed by atoms with E-state index in [0.717, 1.165) is 23.3 Å². The van der Waals surface area contributed by atoms with Crippen molar-refractivity contribution >= 4 is 17.3 Å². The predicted octanol–water partition coefficient (Wildman–Crippen LogP) is 3.42. The number of hydrogen-bond acceptors (Lipinski definition) is 2. The number of carbonyl (C=O) groups excluding carboxylic acids is 1. The van der Waals surface area contributed by atoms with Crippen molar-refractivity contribution in [3.63, 3.8) is 0 Å². The monoisotopic (exact) mass is 276 g/mol. The summed E-state index contributed by atoms with van der Waals surface area (Å²) in [6.07, 6.45) is 0. The second-order valence-electron chi connectivity index (χ2n) is 4.68. The molecule has 104 valence electrons. The third kappa shape index (κ3) is 2.93. The minimum Gasteiger partial charge on any atom is -0.394 e. The number of benzene rings is 2. The maximum absolute atomic E-state index is 13.3. The third-order valence-corrected chi connectivity index (χ3v) is 2.82. The number of hydrogen-bond donors (Lipinski definition) is 2. The van der Waals surface area contributed by atoms with E-state index in [1.54, 1.807) is 12.1 Å². The Balaban J connectivity index is 2.28. The van der Waals surface area contributed by atoms with Crippen molar-refractivity contribution in [1.29, 1.82) is 0 Å². The molecule has 0 saturated carbocycles. The summed E-state index contributed by atoms with van der Waals surface area (Å²) in [5.41, 5.74) is 6.99. The fraction of sp³-hybridized carbons (Fsp3) is 0.133. The lowest BCUT2D eigenvalue weighted by molar-refractivity contribution is 0.102. The number of rotatable bonds is 2. The van der Waals surface area contributed by atoms with Gasteiger partial charge in [0.2, 0.25) is 0 Å². The number of carbonyl (C=O) groups is 1. The standard InChI is InChI=1S/C15H14F2N2O/c1-8-3-9(2)5-11(4-8)19-15(20)10-6-12(16)14(18)13(17)7-10/h3-7H,18H2,1-2H3,(H,19,20). The van der Waals surface area contributed by atoms with Crippen LogP contribution in [0.4, 0.5) is 20.2 Å². The Morgan fingerprint density at radius 2 is 1.50 bits per heavy atom. The first-order chi connectivity index (χ1) is 9.36. The van der Waals surface area contributed by atoms with Crippen molar-refractivity contribution < 1.29 is 13.6 Å². The smallest absolute Gasteiger partial charge is 0.255 e. The van der Waals surface area contributed by atoms with Crippen LogP contribution >= 0.6 is 0 Å². The van der Waals surface area contributed by atoms with Gasteiger partial charge in [0.25, 0.3) is 5.91 Å². The third-order valence-electron chi connectivity index (χ3n) is 2.82. The summed E-state index contributed by atoms with van der Waals surface area (Å²) < 4.78 is 26.6. The largest absolute Gasteiger partial charge is 0.394 e.